The molecule has 6 heteroatoms. The summed E-state index contributed by atoms with van der Waals surface area (Å²) in [5.74, 6) is 2.61. The first kappa shape index (κ1) is 26.0. The number of unbranched alkanes of at least 4 members (excludes halogenated alkanes) is 2. The zero-order valence-electron chi connectivity index (χ0n) is 21.6. The molecule has 4 aromatic rings. The molecule has 0 aliphatic rings. The average molecular weight is 504 g/mol. The van der Waals surface area contributed by atoms with Crippen LogP contribution in [-0.4, -0.2) is 28.6 Å². The fraction of sp³-hybridized carbons (Fsp3) is 0.400. The lowest BCUT2D eigenvalue weighted by molar-refractivity contribution is 0.0957. The van der Waals surface area contributed by atoms with Gasteiger partial charge in [0.15, 0.2) is 0 Å². The second-order valence-corrected chi connectivity index (χ2v) is 10.6. The summed E-state index contributed by atoms with van der Waals surface area (Å²) in [6.07, 6.45) is 4.94. The molecule has 0 unspecified atom stereocenters. The number of imidazole rings is 1. The summed E-state index contributed by atoms with van der Waals surface area (Å²) in [4.78, 5) is 17.8. The standard InChI is InChI=1S/C30H37N3O2S/c1-22(2)24-16-15-23(3)21-27(24)35-19-10-18-33-26-12-7-6-11-25(26)32-29(33)14-5-4-8-17-31-30(34)28-13-9-20-36-28/h6-7,9,11-13,15-16,20-22H,4-5,8,10,14,17-19H2,1-3H3,(H,31,34). The highest BCUT2D eigenvalue weighted by Crippen LogP contribution is 2.28. The van der Waals surface area contributed by atoms with Crippen molar-refractivity contribution in [1.29, 1.82) is 0 Å². The van der Waals surface area contributed by atoms with Crippen LogP contribution in [0.4, 0.5) is 0 Å². The minimum absolute atomic E-state index is 0.0280. The number of carbonyl (C=O) groups excluding carboxylic acids is 1. The Morgan fingerprint density at radius 1 is 1.06 bits per heavy atom. The van der Waals surface area contributed by atoms with Crippen LogP contribution in [0.15, 0.2) is 60.0 Å². The Morgan fingerprint density at radius 3 is 2.72 bits per heavy atom. The lowest BCUT2D eigenvalue weighted by atomic mass is 10.0. The summed E-state index contributed by atoms with van der Waals surface area (Å²) >= 11 is 1.48. The normalized spacial score (nSPS) is 11.3. The Balaban J connectivity index is 1.28. The van der Waals surface area contributed by atoms with Crippen molar-refractivity contribution in [2.24, 2.45) is 0 Å². The predicted molar refractivity (Wildman–Crippen MR) is 149 cm³/mol. The molecule has 5 nitrogen and oxygen atoms in total. The Morgan fingerprint density at radius 2 is 1.92 bits per heavy atom. The smallest absolute Gasteiger partial charge is 0.261 e. The Hall–Kier alpha value is -3.12. The minimum atomic E-state index is 0.0280. The molecule has 4 rings (SSSR count). The maximum atomic E-state index is 12.1. The third-order valence-electron chi connectivity index (χ3n) is 6.42. The number of para-hydroxylation sites is 2. The molecule has 0 aliphatic carbocycles. The average Bonchev–Trinajstić information content (AvgIpc) is 3.52. The Kier molecular flexibility index (Phi) is 9.17. The van der Waals surface area contributed by atoms with Crippen molar-refractivity contribution in [3.05, 3.63) is 81.8 Å². The number of fused-ring (bicyclic) bond motifs is 1. The molecular weight excluding hydrogens is 466 g/mol. The van der Waals surface area contributed by atoms with Gasteiger partial charge in [-0.25, -0.2) is 4.98 Å². The second-order valence-electron chi connectivity index (χ2n) is 9.61. The Labute approximate surface area is 218 Å². The third kappa shape index (κ3) is 6.76. The number of benzene rings is 2. The number of nitrogens with one attached hydrogen (secondary N) is 1. The van der Waals surface area contributed by atoms with Crippen LogP contribution in [0.3, 0.4) is 0 Å². The predicted octanol–water partition coefficient (Wildman–Crippen LogP) is 7.14. The summed E-state index contributed by atoms with van der Waals surface area (Å²) in [5.41, 5.74) is 4.73. The molecule has 0 fully saturated rings. The lowest BCUT2D eigenvalue weighted by Crippen LogP contribution is -2.23. The molecule has 0 saturated carbocycles. The molecular formula is C30H37N3O2S. The molecule has 0 aliphatic heterocycles. The number of aromatic nitrogens is 2. The molecule has 1 amide bonds. The van der Waals surface area contributed by atoms with Gasteiger partial charge in [0.25, 0.3) is 5.91 Å². The number of thiophene rings is 1. The number of amides is 1. The van der Waals surface area contributed by atoms with Crippen molar-refractivity contribution in [2.75, 3.05) is 13.2 Å². The zero-order valence-corrected chi connectivity index (χ0v) is 22.4. The highest BCUT2D eigenvalue weighted by Gasteiger charge is 2.12. The van der Waals surface area contributed by atoms with Crippen LogP contribution in [0, 0.1) is 6.92 Å². The monoisotopic (exact) mass is 503 g/mol. The number of nitrogens with zero attached hydrogens (tertiary/aromatic N) is 2. The highest BCUT2D eigenvalue weighted by atomic mass is 32.1. The van der Waals surface area contributed by atoms with Gasteiger partial charge in [0.2, 0.25) is 0 Å². The van der Waals surface area contributed by atoms with Crippen LogP contribution in [0.5, 0.6) is 5.75 Å². The van der Waals surface area contributed by atoms with E-state index in [1.54, 1.807) is 0 Å². The van der Waals surface area contributed by atoms with Crippen molar-refractivity contribution < 1.29 is 9.53 Å². The van der Waals surface area contributed by atoms with Gasteiger partial charge in [0.05, 0.1) is 22.5 Å². The maximum Gasteiger partial charge on any atom is 0.261 e. The molecule has 0 spiro atoms. The van der Waals surface area contributed by atoms with Crippen LogP contribution in [0.1, 0.15) is 72.1 Å². The topological polar surface area (TPSA) is 56.1 Å². The van der Waals surface area contributed by atoms with E-state index in [9.17, 15) is 4.79 Å². The number of hydrogen-bond donors (Lipinski definition) is 1. The molecule has 2 aromatic heterocycles. The van der Waals surface area contributed by atoms with Crippen LogP contribution in [0.2, 0.25) is 0 Å². The first-order valence-corrected chi connectivity index (χ1v) is 13.9. The van der Waals surface area contributed by atoms with Crippen LogP contribution >= 0.6 is 11.3 Å². The number of hydrogen-bond acceptors (Lipinski definition) is 4. The maximum absolute atomic E-state index is 12.1. The summed E-state index contributed by atoms with van der Waals surface area (Å²) in [6, 6.07) is 18.6. The van der Waals surface area contributed by atoms with Gasteiger partial charge in [0.1, 0.15) is 11.6 Å². The third-order valence-corrected chi connectivity index (χ3v) is 7.28. The second kappa shape index (κ2) is 12.7. The summed E-state index contributed by atoms with van der Waals surface area (Å²) in [5, 5.41) is 4.94. The molecule has 2 heterocycles. The summed E-state index contributed by atoms with van der Waals surface area (Å²) in [6.45, 7) is 8.80. The molecule has 0 radical (unpaired) electrons. The van der Waals surface area contributed by atoms with Crippen molar-refractivity contribution in [3.63, 3.8) is 0 Å². The van der Waals surface area contributed by atoms with E-state index in [4.69, 9.17) is 9.72 Å². The molecule has 0 atom stereocenters. The number of ether oxygens (including phenoxy) is 1. The Bertz CT molecular complexity index is 1260. The van der Waals surface area contributed by atoms with Crippen molar-refractivity contribution in [3.8, 4) is 5.75 Å². The van der Waals surface area contributed by atoms with E-state index in [0.29, 0.717) is 19.1 Å². The molecule has 190 valence electrons. The van der Waals surface area contributed by atoms with Crippen molar-refractivity contribution >= 4 is 28.3 Å². The van der Waals surface area contributed by atoms with E-state index >= 15 is 0 Å². The molecule has 0 saturated heterocycles. The fourth-order valence-electron chi connectivity index (χ4n) is 4.50. The van der Waals surface area contributed by atoms with E-state index in [-0.39, 0.29) is 5.91 Å². The quantitative estimate of drug-likeness (QED) is 0.197. The highest BCUT2D eigenvalue weighted by molar-refractivity contribution is 7.12. The first-order valence-electron chi connectivity index (χ1n) is 13.0. The molecule has 2 aromatic carbocycles. The van der Waals surface area contributed by atoms with Gasteiger partial charge < -0.3 is 14.6 Å². The lowest BCUT2D eigenvalue weighted by Gasteiger charge is -2.15. The van der Waals surface area contributed by atoms with Gasteiger partial charge in [-0.05, 0) is 72.9 Å². The van der Waals surface area contributed by atoms with E-state index in [0.717, 1.165) is 60.6 Å². The number of aryl methyl sites for hydroxylation is 3. The van der Waals surface area contributed by atoms with E-state index in [1.165, 1.54) is 28.0 Å². The van der Waals surface area contributed by atoms with Gasteiger partial charge >= 0.3 is 0 Å². The minimum Gasteiger partial charge on any atom is -0.493 e. The fourth-order valence-corrected chi connectivity index (χ4v) is 5.14. The van der Waals surface area contributed by atoms with Gasteiger partial charge in [-0.1, -0.05) is 50.6 Å². The van der Waals surface area contributed by atoms with Gasteiger partial charge in [-0.2, -0.15) is 0 Å². The van der Waals surface area contributed by atoms with Crippen LogP contribution in [-0.2, 0) is 13.0 Å². The largest absolute Gasteiger partial charge is 0.493 e. The number of rotatable bonds is 13. The zero-order chi connectivity index (χ0) is 25.3. The summed E-state index contributed by atoms with van der Waals surface area (Å²) in [7, 11) is 0. The SMILES string of the molecule is Cc1ccc(C(C)C)c(OCCCn2c(CCCCCNC(=O)c3cccs3)nc3ccccc32)c1. The number of carbonyl (C=O) groups is 1. The molecule has 36 heavy (non-hydrogen) atoms. The van der Waals surface area contributed by atoms with Crippen molar-refractivity contribution in [2.45, 2.75) is 65.3 Å². The summed E-state index contributed by atoms with van der Waals surface area (Å²) < 4.78 is 8.59. The molecule has 1 N–H and O–H groups in total. The van der Waals surface area contributed by atoms with Crippen molar-refractivity contribution in [1.82, 2.24) is 14.9 Å². The van der Waals surface area contributed by atoms with E-state index in [2.05, 4.69) is 67.1 Å². The van der Waals surface area contributed by atoms with Gasteiger partial charge in [-0.15, -0.1) is 11.3 Å². The van der Waals surface area contributed by atoms with Gasteiger partial charge in [-0.3, -0.25) is 4.79 Å². The van der Waals surface area contributed by atoms with Crippen LogP contribution in [0.25, 0.3) is 11.0 Å². The first-order chi connectivity index (χ1) is 17.5. The molecule has 0 bridgehead atoms. The van der Waals surface area contributed by atoms with Crippen LogP contribution < -0.4 is 10.1 Å². The van der Waals surface area contributed by atoms with Gasteiger partial charge in [0, 0.05) is 19.5 Å². The van der Waals surface area contributed by atoms with E-state index in [1.807, 2.05) is 23.6 Å². The van der Waals surface area contributed by atoms with E-state index < -0.39 is 0 Å².